The summed E-state index contributed by atoms with van der Waals surface area (Å²) in [5.41, 5.74) is 0.0666. The number of amides is 1. The molecule has 0 bridgehead atoms. The van der Waals surface area contributed by atoms with Crippen molar-refractivity contribution in [3.05, 3.63) is 12.2 Å². The maximum atomic E-state index is 11.1. The van der Waals surface area contributed by atoms with Gasteiger partial charge in [0.05, 0.1) is 5.54 Å². The Morgan fingerprint density at radius 1 is 1.73 bits per heavy atom. The molecule has 11 heavy (non-hydrogen) atoms. The monoisotopic (exact) mass is 151 g/mol. The molecule has 2 fully saturated rings. The standard InChI is InChI=1S/C8H9NO2/c10-7-9-5-4-8(9)3-1-2-6(8)11-7/h1-2,6H,3-5H2/t6-,8-/m0/s1. The lowest BCUT2D eigenvalue weighted by Gasteiger charge is -2.44. The molecule has 0 aromatic heterocycles. The third-order valence-corrected chi connectivity index (χ3v) is 3.07. The fourth-order valence-corrected chi connectivity index (χ4v) is 2.30. The quantitative estimate of drug-likeness (QED) is 0.481. The Morgan fingerprint density at radius 2 is 2.64 bits per heavy atom. The van der Waals surface area contributed by atoms with E-state index in [-0.39, 0.29) is 17.7 Å². The average Bonchev–Trinajstić information content (AvgIpc) is 2.36. The SMILES string of the molecule is O=C1O[C@H]2C=CC[C@]23CCN13. The van der Waals surface area contributed by atoms with Gasteiger partial charge in [-0.2, -0.15) is 0 Å². The third kappa shape index (κ3) is 0.432. The van der Waals surface area contributed by atoms with Crippen molar-refractivity contribution in [1.82, 2.24) is 4.90 Å². The van der Waals surface area contributed by atoms with Gasteiger partial charge in [-0.3, -0.25) is 4.90 Å². The van der Waals surface area contributed by atoms with Crippen molar-refractivity contribution in [3.63, 3.8) is 0 Å². The van der Waals surface area contributed by atoms with E-state index in [9.17, 15) is 4.79 Å². The summed E-state index contributed by atoms with van der Waals surface area (Å²) < 4.78 is 5.16. The fraction of sp³-hybridized carbons (Fsp3) is 0.625. The van der Waals surface area contributed by atoms with Crippen molar-refractivity contribution in [3.8, 4) is 0 Å². The molecular formula is C8H9NO2. The second-order valence-electron chi connectivity index (χ2n) is 3.44. The normalized spacial score (nSPS) is 44.9. The van der Waals surface area contributed by atoms with Gasteiger partial charge in [-0.15, -0.1) is 0 Å². The highest BCUT2D eigenvalue weighted by Gasteiger charge is 2.60. The van der Waals surface area contributed by atoms with E-state index in [2.05, 4.69) is 6.08 Å². The second kappa shape index (κ2) is 1.44. The number of hydrogen-bond acceptors (Lipinski definition) is 2. The van der Waals surface area contributed by atoms with Crippen LogP contribution in [0.25, 0.3) is 0 Å². The Labute approximate surface area is 64.6 Å². The van der Waals surface area contributed by atoms with Crippen LogP contribution in [0.1, 0.15) is 12.8 Å². The smallest absolute Gasteiger partial charge is 0.411 e. The summed E-state index contributed by atoms with van der Waals surface area (Å²) in [5, 5.41) is 0. The zero-order chi connectivity index (χ0) is 7.47. The number of ether oxygens (including phenoxy) is 1. The Bertz CT molecular complexity index is 261. The molecule has 0 N–H and O–H groups in total. The van der Waals surface area contributed by atoms with Gasteiger partial charge in [-0.05, 0) is 18.9 Å². The van der Waals surface area contributed by atoms with E-state index in [1.54, 1.807) is 0 Å². The molecule has 3 heteroatoms. The predicted molar refractivity (Wildman–Crippen MR) is 38.1 cm³/mol. The highest BCUT2D eigenvalue weighted by atomic mass is 16.6. The van der Waals surface area contributed by atoms with Gasteiger partial charge in [-0.25, -0.2) is 4.79 Å². The lowest BCUT2D eigenvalue weighted by Crippen LogP contribution is -2.59. The first-order valence-corrected chi connectivity index (χ1v) is 3.98. The van der Waals surface area contributed by atoms with Crippen molar-refractivity contribution in [2.24, 2.45) is 0 Å². The van der Waals surface area contributed by atoms with E-state index in [1.165, 1.54) is 0 Å². The highest BCUT2D eigenvalue weighted by molar-refractivity contribution is 5.74. The molecule has 2 atom stereocenters. The molecule has 0 radical (unpaired) electrons. The fourth-order valence-electron chi connectivity index (χ4n) is 2.30. The molecule has 0 unspecified atom stereocenters. The molecule has 1 spiro atoms. The molecular weight excluding hydrogens is 142 g/mol. The maximum absolute atomic E-state index is 11.1. The second-order valence-corrected chi connectivity index (χ2v) is 3.44. The Balaban J connectivity index is 2.05. The van der Waals surface area contributed by atoms with Gasteiger partial charge in [-0.1, -0.05) is 6.08 Å². The van der Waals surface area contributed by atoms with Crippen molar-refractivity contribution in [2.75, 3.05) is 6.54 Å². The minimum absolute atomic E-state index is 0.0590. The average molecular weight is 151 g/mol. The van der Waals surface area contributed by atoms with Crippen LogP contribution in [0.15, 0.2) is 12.2 Å². The molecule has 0 aromatic carbocycles. The molecule has 2 saturated heterocycles. The molecule has 3 nitrogen and oxygen atoms in total. The molecule has 2 aliphatic heterocycles. The van der Waals surface area contributed by atoms with E-state index in [0.717, 1.165) is 19.4 Å². The van der Waals surface area contributed by atoms with Crippen molar-refractivity contribution in [2.45, 2.75) is 24.5 Å². The molecule has 1 amide bonds. The minimum atomic E-state index is -0.120. The van der Waals surface area contributed by atoms with Crippen molar-refractivity contribution in [1.29, 1.82) is 0 Å². The Morgan fingerprint density at radius 3 is 3.27 bits per heavy atom. The molecule has 1 aliphatic carbocycles. The first-order valence-electron chi connectivity index (χ1n) is 3.98. The van der Waals surface area contributed by atoms with E-state index in [4.69, 9.17) is 4.74 Å². The number of carbonyl (C=O) groups is 1. The maximum Gasteiger partial charge on any atom is 0.411 e. The van der Waals surface area contributed by atoms with E-state index >= 15 is 0 Å². The molecule has 0 saturated carbocycles. The molecule has 0 aromatic rings. The van der Waals surface area contributed by atoms with Gasteiger partial charge >= 0.3 is 6.09 Å². The molecule has 58 valence electrons. The lowest BCUT2D eigenvalue weighted by atomic mass is 9.82. The van der Waals surface area contributed by atoms with Crippen LogP contribution in [0, 0.1) is 0 Å². The third-order valence-electron chi connectivity index (χ3n) is 3.07. The molecule has 3 aliphatic rings. The van der Waals surface area contributed by atoms with Crippen LogP contribution in [0.4, 0.5) is 4.79 Å². The largest absolute Gasteiger partial charge is 0.439 e. The van der Waals surface area contributed by atoms with Gasteiger partial charge in [0.15, 0.2) is 0 Å². The van der Waals surface area contributed by atoms with Crippen LogP contribution in [0.5, 0.6) is 0 Å². The molecule has 3 rings (SSSR count). The topological polar surface area (TPSA) is 29.5 Å². The van der Waals surface area contributed by atoms with Crippen LogP contribution < -0.4 is 0 Å². The lowest BCUT2D eigenvalue weighted by molar-refractivity contribution is 0.0528. The van der Waals surface area contributed by atoms with Crippen LogP contribution in [0.2, 0.25) is 0 Å². The number of carbonyl (C=O) groups excluding carboxylic acids is 1. The van der Waals surface area contributed by atoms with E-state index in [0.29, 0.717) is 0 Å². The van der Waals surface area contributed by atoms with Crippen LogP contribution >= 0.6 is 0 Å². The highest BCUT2D eigenvalue weighted by Crippen LogP contribution is 2.47. The Kier molecular flexibility index (Phi) is 0.739. The number of nitrogens with zero attached hydrogens (tertiary/aromatic N) is 1. The van der Waals surface area contributed by atoms with Gasteiger partial charge in [0, 0.05) is 6.54 Å². The Hall–Kier alpha value is -0.990. The van der Waals surface area contributed by atoms with E-state index < -0.39 is 0 Å². The summed E-state index contributed by atoms with van der Waals surface area (Å²) in [6, 6.07) is 0. The van der Waals surface area contributed by atoms with Gasteiger partial charge in [0.25, 0.3) is 0 Å². The summed E-state index contributed by atoms with van der Waals surface area (Å²) in [6.07, 6.45) is 6.16. The van der Waals surface area contributed by atoms with Crippen molar-refractivity contribution >= 4 is 6.09 Å². The zero-order valence-electron chi connectivity index (χ0n) is 6.12. The van der Waals surface area contributed by atoms with Crippen LogP contribution in [-0.4, -0.2) is 29.2 Å². The first-order chi connectivity index (χ1) is 5.33. The van der Waals surface area contributed by atoms with Crippen molar-refractivity contribution < 1.29 is 9.53 Å². The van der Waals surface area contributed by atoms with E-state index in [1.807, 2.05) is 11.0 Å². The molecule has 2 heterocycles. The summed E-state index contributed by atoms with van der Waals surface area (Å²) in [6.45, 7) is 0.886. The summed E-state index contributed by atoms with van der Waals surface area (Å²) >= 11 is 0. The minimum Gasteiger partial charge on any atom is -0.439 e. The van der Waals surface area contributed by atoms with Gasteiger partial charge in [0.2, 0.25) is 0 Å². The summed E-state index contributed by atoms with van der Waals surface area (Å²) in [5.74, 6) is 0. The van der Waals surface area contributed by atoms with Crippen LogP contribution in [0.3, 0.4) is 0 Å². The predicted octanol–water partition coefficient (Wildman–Crippen LogP) is 0.910. The van der Waals surface area contributed by atoms with Crippen LogP contribution in [-0.2, 0) is 4.74 Å². The number of hydrogen-bond donors (Lipinski definition) is 0. The van der Waals surface area contributed by atoms with Gasteiger partial charge in [0.1, 0.15) is 6.10 Å². The summed E-state index contributed by atoms with van der Waals surface area (Å²) in [4.78, 5) is 13.0. The number of rotatable bonds is 0. The first kappa shape index (κ1) is 5.63. The van der Waals surface area contributed by atoms with Gasteiger partial charge < -0.3 is 4.74 Å². The zero-order valence-corrected chi connectivity index (χ0v) is 6.12. The summed E-state index contributed by atoms with van der Waals surface area (Å²) in [7, 11) is 0.